The Morgan fingerprint density at radius 1 is 1.09 bits per heavy atom. The molecule has 3 rings (SSSR count). The number of aryl methyl sites for hydroxylation is 2. The van der Waals surface area contributed by atoms with Crippen molar-refractivity contribution >= 4 is 27.7 Å². The lowest BCUT2D eigenvalue weighted by atomic mass is 9.95. The molecule has 0 radical (unpaired) electrons. The van der Waals surface area contributed by atoms with E-state index in [-0.39, 0.29) is 24.5 Å². The third kappa shape index (κ3) is 7.33. The molecule has 2 aromatic rings. The number of hydrogen-bond acceptors (Lipinski definition) is 3. The van der Waals surface area contributed by atoms with E-state index < -0.39 is 6.04 Å². The molecule has 0 aromatic heterocycles. The maximum Gasteiger partial charge on any atom is 0.261 e. The van der Waals surface area contributed by atoms with Gasteiger partial charge >= 0.3 is 0 Å². The van der Waals surface area contributed by atoms with E-state index in [2.05, 4.69) is 33.4 Å². The normalized spacial score (nSPS) is 14.9. The smallest absolute Gasteiger partial charge is 0.261 e. The van der Waals surface area contributed by atoms with Crippen LogP contribution in [0.25, 0.3) is 0 Å². The highest BCUT2D eigenvalue weighted by Crippen LogP contribution is 2.26. The van der Waals surface area contributed by atoms with E-state index >= 15 is 0 Å². The fraction of sp³-hybridized carbons (Fsp3) is 0.500. The number of ether oxygens (including phenoxy) is 1. The predicted octanol–water partition coefficient (Wildman–Crippen LogP) is 5.74. The molecule has 0 saturated heterocycles. The highest BCUT2D eigenvalue weighted by molar-refractivity contribution is 9.10. The van der Waals surface area contributed by atoms with E-state index in [4.69, 9.17) is 4.74 Å². The standard InChI is InChI=1S/C28H37BrN2O3/c1-4-25(28(33)30-23-13-9-6-10-14-23)31(16-15-22-11-7-5-8-12-22)26(32)19-34-24-17-20(2)27(29)21(3)18-24/h5,7-8,11-12,17-18,23,25H,4,6,9-10,13-16,19H2,1-3H3,(H,30,33)/t25-/m1/s1. The maximum atomic E-state index is 13.4. The molecule has 1 aliphatic carbocycles. The van der Waals surface area contributed by atoms with Crippen LogP contribution in [0, 0.1) is 13.8 Å². The van der Waals surface area contributed by atoms with Gasteiger partial charge in [-0.25, -0.2) is 0 Å². The van der Waals surface area contributed by atoms with Gasteiger partial charge < -0.3 is 15.0 Å². The van der Waals surface area contributed by atoms with Crippen LogP contribution in [0.4, 0.5) is 0 Å². The lowest BCUT2D eigenvalue weighted by Crippen LogP contribution is -2.53. The molecule has 0 unspecified atom stereocenters. The van der Waals surface area contributed by atoms with Crippen molar-refractivity contribution in [2.24, 2.45) is 0 Å². The summed E-state index contributed by atoms with van der Waals surface area (Å²) in [6.07, 6.45) is 6.83. The van der Waals surface area contributed by atoms with Crippen LogP contribution in [0.5, 0.6) is 5.75 Å². The highest BCUT2D eigenvalue weighted by atomic mass is 79.9. The van der Waals surface area contributed by atoms with Gasteiger partial charge in [-0.3, -0.25) is 9.59 Å². The number of nitrogens with zero attached hydrogens (tertiary/aromatic N) is 1. The molecule has 1 atom stereocenters. The minimum absolute atomic E-state index is 0.0499. The van der Waals surface area contributed by atoms with E-state index in [1.54, 1.807) is 4.90 Å². The Balaban J connectivity index is 1.72. The van der Waals surface area contributed by atoms with Gasteiger partial charge in [-0.1, -0.05) is 72.4 Å². The Hall–Kier alpha value is -2.34. The van der Waals surface area contributed by atoms with Crippen LogP contribution in [0.2, 0.25) is 0 Å². The van der Waals surface area contributed by atoms with Crippen LogP contribution in [-0.4, -0.2) is 41.9 Å². The summed E-state index contributed by atoms with van der Waals surface area (Å²) in [6.45, 7) is 6.35. The van der Waals surface area contributed by atoms with E-state index in [1.165, 1.54) is 6.42 Å². The van der Waals surface area contributed by atoms with Gasteiger partial charge in [0, 0.05) is 17.1 Å². The molecule has 2 amide bonds. The van der Waals surface area contributed by atoms with Crippen molar-refractivity contribution in [3.8, 4) is 5.75 Å². The topological polar surface area (TPSA) is 58.6 Å². The van der Waals surface area contributed by atoms with Crippen molar-refractivity contribution < 1.29 is 14.3 Å². The fourth-order valence-corrected chi connectivity index (χ4v) is 4.89. The minimum atomic E-state index is -0.505. The number of nitrogens with one attached hydrogen (secondary N) is 1. The fourth-order valence-electron chi connectivity index (χ4n) is 4.66. The van der Waals surface area contributed by atoms with Gasteiger partial charge in [0.2, 0.25) is 5.91 Å². The summed E-state index contributed by atoms with van der Waals surface area (Å²) in [7, 11) is 0. The quantitative estimate of drug-likeness (QED) is 0.427. The first-order valence-corrected chi connectivity index (χ1v) is 13.2. The minimum Gasteiger partial charge on any atom is -0.484 e. The molecule has 1 fully saturated rings. The Morgan fingerprint density at radius 3 is 2.35 bits per heavy atom. The summed E-state index contributed by atoms with van der Waals surface area (Å²) >= 11 is 3.57. The second-order valence-electron chi connectivity index (χ2n) is 9.25. The summed E-state index contributed by atoms with van der Waals surface area (Å²) in [4.78, 5) is 28.3. The molecule has 184 valence electrons. The number of rotatable bonds is 10. The molecular weight excluding hydrogens is 492 g/mol. The molecule has 6 heteroatoms. The van der Waals surface area contributed by atoms with E-state index in [0.717, 1.165) is 46.8 Å². The van der Waals surface area contributed by atoms with Crippen LogP contribution in [0.3, 0.4) is 0 Å². The van der Waals surface area contributed by atoms with Gasteiger partial charge in [0.25, 0.3) is 5.91 Å². The van der Waals surface area contributed by atoms with Crippen LogP contribution in [0.1, 0.15) is 62.1 Å². The predicted molar refractivity (Wildman–Crippen MR) is 140 cm³/mol. The van der Waals surface area contributed by atoms with Gasteiger partial charge in [-0.05, 0) is 68.4 Å². The summed E-state index contributed by atoms with van der Waals surface area (Å²) in [6, 6.07) is 13.6. The van der Waals surface area contributed by atoms with Gasteiger partial charge in [-0.2, -0.15) is 0 Å². The van der Waals surface area contributed by atoms with Crippen molar-refractivity contribution in [3.05, 3.63) is 63.6 Å². The Kier molecular flexibility index (Phi) is 10.00. The summed E-state index contributed by atoms with van der Waals surface area (Å²) in [5.41, 5.74) is 3.26. The first kappa shape index (κ1) is 26.3. The SMILES string of the molecule is CC[C@H](C(=O)NC1CCCCC1)N(CCc1ccccc1)C(=O)COc1cc(C)c(Br)c(C)c1. The maximum absolute atomic E-state index is 13.4. The van der Waals surface area contributed by atoms with E-state index in [1.807, 2.05) is 51.1 Å². The monoisotopic (exact) mass is 528 g/mol. The van der Waals surface area contributed by atoms with Crippen LogP contribution in [0.15, 0.2) is 46.9 Å². The van der Waals surface area contributed by atoms with Gasteiger partial charge in [0.1, 0.15) is 11.8 Å². The third-order valence-electron chi connectivity index (χ3n) is 6.59. The van der Waals surface area contributed by atoms with E-state index in [0.29, 0.717) is 25.1 Å². The molecule has 0 heterocycles. The number of amides is 2. The number of carbonyl (C=O) groups excluding carboxylic acids is 2. The molecule has 34 heavy (non-hydrogen) atoms. The van der Waals surface area contributed by atoms with Gasteiger partial charge in [-0.15, -0.1) is 0 Å². The van der Waals surface area contributed by atoms with Crippen molar-refractivity contribution in [1.82, 2.24) is 10.2 Å². The second-order valence-corrected chi connectivity index (χ2v) is 10.0. The summed E-state index contributed by atoms with van der Waals surface area (Å²) in [5.74, 6) is 0.445. The number of benzene rings is 2. The molecule has 0 aliphatic heterocycles. The summed E-state index contributed by atoms with van der Waals surface area (Å²) < 4.78 is 6.94. The zero-order chi connectivity index (χ0) is 24.5. The van der Waals surface area contributed by atoms with Gasteiger partial charge in [0.05, 0.1) is 0 Å². The van der Waals surface area contributed by atoms with Crippen molar-refractivity contribution in [1.29, 1.82) is 0 Å². The first-order valence-electron chi connectivity index (χ1n) is 12.4. The first-order chi connectivity index (χ1) is 16.4. The average Bonchev–Trinajstić information content (AvgIpc) is 2.84. The van der Waals surface area contributed by atoms with Crippen LogP contribution in [-0.2, 0) is 16.0 Å². The lowest BCUT2D eigenvalue weighted by Gasteiger charge is -2.32. The molecule has 0 spiro atoms. The number of hydrogen-bond donors (Lipinski definition) is 1. The van der Waals surface area contributed by atoms with Crippen LogP contribution < -0.4 is 10.1 Å². The molecule has 2 aromatic carbocycles. The highest BCUT2D eigenvalue weighted by Gasteiger charge is 2.30. The summed E-state index contributed by atoms with van der Waals surface area (Å²) in [5, 5.41) is 3.22. The zero-order valence-electron chi connectivity index (χ0n) is 20.6. The Morgan fingerprint density at radius 2 is 1.74 bits per heavy atom. The van der Waals surface area contributed by atoms with Crippen LogP contribution >= 0.6 is 15.9 Å². The van der Waals surface area contributed by atoms with Crippen molar-refractivity contribution in [2.45, 2.75) is 77.8 Å². The molecular formula is C28H37BrN2O3. The molecule has 0 bridgehead atoms. The largest absolute Gasteiger partial charge is 0.484 e. The molecule has 5 nitrogen and oxygen atoms in total. The lowest BCUT2D eigenvalue weighted by molar-refractivity contribution is -0.142. The number of halogens is 1. The second kappa shape index (κ2) is 12.9. The zero-order valence-corrected chi connectivity index (χ0v) is 22.2. The van der Waals surface area contributed by atoms with E-state index in [9.17, 15) is 9.59 Å². The Labute approximate surface area is 212 Å². The third-order valence-corrected chi connectivity index (χ3v) is 7.84. The Bertz CT molecular complexity index is 934. The molecule has 1 saturated carbocycles. The van der Waals surface area contributed by atoms with Crippen molar-refractivity contribution in [2.75, 3.05) is 13.2 Å². The van der Waals surface area contributed by atoms with Crippen molar-refractivity contribution in [3.63, 3.8) is 0 Å². The number of carbonyl (C=O) groups is 2. The molecule has 1 aliphatic rings. The average molecular weight is 530 g/mol. The van der Waals surface area contributed by atoms with Gasteiger partial charge in [0.15, 0.2) is 6.61 Å². The molecule has 1 N–H and O–H groups in total.